The van der Waals surface area contributed by atoms with E-state index < -0.39 is 17.6 Å². The molecule has 22 heavy (non-hydrogen) atoms. The average molecular weight is 325 g/mol. The van der Waals surface area contributed by atoms with Gasteiger partial charge in [-0.1, -0.05) is 0 Å². The normalized spacial score (nSPS) is 11.6. The second-order valence-electron chi connectivity index (χ2n) is 4.50. The second kappa shape index (κ2) is 5.03. The lowest BCUT2D eigenvalue weighted by molar-refractivity contribution is -0.137. The highest BCUT2D eigenvalue weighted by molar-refractivity contribution is 7.18. The first-order valence-electron chi connectivity index (χ1n) is 6.03. The monoisotopic (exact) mass is 325 g/mol. The summed E-state index contributed by atoms with van der Waals surface area (Å²) >= 11 is 1.17. The van der Waals surface area contributed by atoms with Crippen molar-refractivity contribution < 1.29 is 17.6 Å². The van der Waals surface area contributed by atoms with Crippen LogP contribution in [0.1, 0.15) is 11.3 Å². The van der Waals surface area contributed by atoms with Crippen molar-refractivity contribution in [2.75, 3.05) is 0 Å². The van der Waals surface area contributed by atoms with Crippen LogP contribution in [0, 0.1) is 17.1 Å². The van der Waals surface area contributed by atoms with Crippen LogP contribution < -0.4 is 0 Å². The molecule has 2 N–H and O–H groups in total. The average Bonchev–Trinajstić information content (AvgIpc) is 2.85. The standard InChI is InChI=1S/C14H7F4N3S/c15-9-4-7(3-8(5-9)14(16,17)18)11-1-2-12(22-11)13-10(6-19)20-21-13/h1-5,20-21H. The van der Waals surface area contributed by atoms with E-state index in [-0.39, 0.29) is 5.56 Å². The number of nitrogens with one attached hydrogen (secondary N) is 2. The van der Waals surface area contributed by atoms with Gasteiger partial charge in [0.25, 0.3) is 0 Å². The minimum Gasteiger partial charge on any atom is -0.296 e. The van der Waals surface area contributed by atoms with E-state index in [0.29, 0.717) is 27.2 Å². The summed E-state index contributed by atoms with van der Waals surface area (Å²) in [6, 6.07) is 7.62. The zero-order chi connectivity index (χ0) is 15.9. The van der Waals surface area contributed by atoms with E-state index in [2.05, 4.69) is 10.2 Å². The van der Waals surface area contributed by atoms with Gasteiger partial charge in [0.15, 0.2) is 5.69 Å². The number of alkyl halides is 3. The maximum atomic E-state index is 13.4. The predicted octanol–water partition coefficient (Wildman–Crippen LogP) is 4.77. The fourth-order valence-corrected chi connectivity index (χ4v) is 2.98. The number of hydrogen-bond acceptors (Lipinski definition) is 2. The molecule has 3 nitrogen and oxygen atoms in total. The van der Waals surface area contributed by atoms with Crippen LogP contribution in [-0.2, 0) is 6.18 Å². The van der Waals surface area contributed by atoms with E-state index in [1.165, 1.54) is 11.3 Å². The van der Waals surface area contributed by atoms with Gasteiger partial charge in [0.2, 0.25) is 0 Å². The number of thiophene rings is 1. The summed E-state index contributed by atoms with van der Waals surface area (Å²) in [5.74, 6) is -0.944. The summed E-state index contributed by atoms with van der Waals surface area (Å²) in [4.78, 5) is 1.17. The molecule has 0 aliphatic heterocycles. The van der Waals surface area contributed by atoms with Gasteiger partial charge in [0.1, 0.15) is 17.6 Å². The van der Waals surface area contributed by atoms with Crippen molar-refractivity contribution in [2.24, 2.45) is 0 Å². The Bertz CT molecular complexity index is 863. The maximum absolute atomic E-state index is 13.4. The Kier molecular flexibility index (Phi) is 3.30. The van der Waals surface area contributed by atoms with Gasteiger partial charge >= 0.3 is 6.18 Å². The van der Waals surface area contributed by atoms with Crippen LogP contribution in [0.15, 0.2) is 30.3 Å². The number of hydrogen-bond donors (Lipinski definition) is 2. The highest BCUT2D eigenvalue weighted by Crippen LogP contribution is 2.38. The lowest BCUT2D eigenvalue weighted by Gasteiger charge is -2.08. The van der Waals surface area contributed by atoms with E-state index in [0.717, 1.165) is 12.1 Å². The molecule has 0 spiro atoms. The molecule has 2 heterocycles. The van der Waals surface area contributed by atoms with Crippen molar-refractivity contribution in [1.82, 2.24) is 10.2 Å². The number of H-pyrrole nitrogens is 2. The van der Waals surface area contributed by atoms with E-state index in [1.807, 2.05) is 6.07 Å². The molecule has 8 heteroatoms. The molecular weight excluding hydrogens is 318 g/mol. The Balaban J connectivity index is 2.02. The molecule has 0 aliphatic rings. The fraction of sp³-hybridized carbons (Fsp3) is 0.0714. The predicted molar refractivity (Wildman–Crippen MR) is 73.6 cm³/mol. The number of benzene rings is 1. The van der Waals surface area contributed by atoms with Gasteiger partial charge in [-0.2, -0.15) is 18.4 Å². The van der Waals surface area contributed by atoms with Gasteiger partial charge in [-0.25, -0.2) is 4.39 Å². The fourth-order valence-electron chi connectivity index (χ4n) is 1.98. The number of aromatic nitrogens is 2. The molecule has 112 valence electrons. The smallest absolute Gasteiger partial charge is 0.296 e. The molecule has 0 amide bonds. The topological polar surface area (TPSA) is 55.4 Å². The molecular formula is C14H7F4N3S. The van der Waals surface area contributed by atoms with Gasteiger partial charge in [0, 0.05) is 4.88 Å². The van der Waals surface area contributed by atoms with Gasteiger partial charge in [-0.15, -0.1) is 11.3 Å². The summed E-state index contributed by atoms with van der Waals surface area (Å²) < 4.78 is 51.6. The minimum absolute atomic E-state index is 0.148. The minimum atomic E-state index is -4.60. The van der Waals surface area contributed by atoms with E-state index in [1.54, 1.807) is 12.1 Å². The van der Waals surface area contributed by atoms with Crippen molar-refractivity contribution >= 4 is 11.3 Å². The van der Waals surface area contributed by atoms with Crippen LogP contribution in [-0.4, -0.2) is 10.2 Å². The number of aromatic amines is 2. The number of nitriles is 1. The molecule has 1 aromatic carbocycles. The molecule has 0 aliphatic carbocycles. The van der Waals surface area contributed by atoms with Crippen LogP contribution in [0.2, 0.25) is 0 Å². The zero-order valence-electron chi connectivity index (χ0n) is 10.8. The van der Waals surface area contributed by atoms with Gasteiger partial charge < -0.3 is 0 Å². The molecule has 0 saturated carbocycles. The first-order valence-corrected chi connectivity index (χ1v) is 6.85. The van der Waals surface area contributed by atoms with Crippen molar-refractivity contribution in [3.8, 4) is 27.1 Å². The quantitative estimate of drug-likeness (QED) is 0.655. The van der Waals surface area contributed by atoms with Gasteiger partial charge in [-0.05, 0) is 35.9 Å². The summed E-state index contributed by atoms with van der Waals surface area (Å²) in [5.41, 5.74) is 0.0441. The van der Waals surface area contributed by atoms with Crippen LogP contribution in [0.4, 0.5) is 17.6 Å². The largest absolute Gasteiger partial charge is 0.416 e. The third-order valence-electron chi connectivity index (χ3n) is 3.04. The van der Waals surface area contributed by atoms with Gasteiger partial charge in [0.05, 0.1) is 10.4 Å². The van der Waals surface area contributed by atoms with Crippen molar-refractivity contribution in [3.05, 3.63) is 47.4 Å². The van der Waals surface area contributed by atoms with Crippen LogP contribution >= 0.6 is 11.3 Å². The lowest BCUT2D eigenvalue weighted by atomic mass is 10.1. The zero-order valence-corrected chi connectivity index (χ0v) is 11.6. The summed E-state index contributed by atoms with van der Waals surface area (Å²) in [6.07, 6.45) is -4.60. The summed E-state index contributed by atoms with van der Waals surface area (Å²) in [7, 11) is 0. The highest BCUT2D eigenvalue weighted by Gasteiger charge is 2.31. The Hall–Kier alpha value is -2.53. The summed E-state index contributed by atoms with van der Waals surface area (Å²) in [5, 5.41) is 14.2. The molecule has 0 unspecified atom stereocenters. The van der Waals surface area contributed by atoms with E-state index in [4.69, 9.17) is 5.26 Å². The van der Waals surface area contributed by atoms with E-state index in [9.17, 15) is 17.6 Å². The molecule has 0 fully saturated rings. The molecule has 0 radical (unpaired) electrons. The Morgan fingerprint density at radius 2 is 1.77 bits per heavy atom. The van der Waals surface area contributed by atoms with Crippen molar-refractivity contribution in [1.29, 1.82) is 5.26 Å². The first-order chi connectivity index (χ1) is 10.4. The molecule has 2 aromatic heterocycles. The van der Waals surface area contributed by atoms with E-state index >= 15 is 0 Å². The number of rotatable bonds is 2. The number of halogens is 4. The maximum Gasteiger partial charge on any atom is 0.416 e. The summed E-state index contributed by atoms with van der Waals surface area (Å²) in [6.45, 7) is 0. The van der Waals surface area contributed by atoms with Crippen LogP contribution in [0.25, 0.3) is 21.0 Å². The van der Waals surface area contributed by atoms with Gasteiger partial charge in [-0.3, -0.25) is 10.2 Å². The van der Waals surface area contributed by atoms with Crippen molar-refractivity contribution in [3.63, 3.8) is 0 Å². The number of nitrogens with zero attached hydrogens (tertiary/aromatic N) is 1. The Labute approximate surface area is 125 Å². The third-order valence-corrected chi connectivity index (χ3v) is 4.19. The SMILES string of the molecule is N#Cc1[nH][nH]c1-c1ccc(-c2cc(F)cc(C(F)(F)F)c2)s1. The molecule has 0 saturated heterocycles. The molecule has 3 rings (SSSR count). The molecule has 3 aromatic rings. The van der Waals surface area contributed by atoms with Crippen LogP contribution in [0.3, 0.4) is 0 Å². The first kappa shape index (κ1) is 14.4. The lowest BCUT2D eigenvalue weighted by Crippen LogP contribution is -2.05. The van der Waals surface area contributed by atoms with Crippen LogP contribution in [0.5, 0.6) is 0 Å². The third kappa shape index (κ3) is 2.51. The Morgan fingerprint density at radius 3 is 2.36 bits per heavy atom. The molecule has 0 atom stereocenters. The Morgan fingerprint density at radius 1 is 1.05 bits per heavy atom. The second-order valence-corrected chi connectivity index (χ2v) is 5.59. The molecule has 0 bridgehead atoms. The highest BCUT2D eigenvalue weighted by atomic mass is 32.1. The van der Waals surface area contributed by atoms with Crippen molar-refractivity contribution in [2.45, 2.75) is 6.18 Å².